The lowest BCUT2D eigenvalue weighted by molar-refractivity contribution is 0.238. The van der Waals surface area contributed by atoms with Crippen molar-refractivity contribution >= 4 is 11.8 Å². The zero-order valence-corrected chi connectivity index (χ0v) is 10.1. The third-order valence-electron chi connectivity index (χ3n) is 2.71. The van der Waals surface area contributed by atoms with Crippen molar-refractivity contribution < 1.29 is 5.11 Å². The standard InChI is InChI=1S/C11H23NOS/c1-3-9(2)14-7-6-11(8-13)12-10-4-5-10/h9-13H,3-8H2,1-2H3. The van der Waals surface area contributed by atoms with Gasteiger partial charge in [0.15, 0.2) is 0 Å². The zero-order chi connectivity index (χ0) is 10.4. The summed E-state index contributed by atoms with van der Waals surface area (Å²) in [5.41, 5.74) is 0. The van der Waals surface area contributed by atoms with Crippen molar-refractivity contribution in [1.29, 1.82) is 0 Å². The third kappa shape index (κ3) is 5.23. The fourth-order valence-electron chi connectivity index (χ4n) is 1.34. The number of rotatable bonds is 8. The molecule has 0 spiro atoms. The van der Waals surface area contributed by atoms with Crippen LogP contribution >= 0.6 is 11.8 Å². The van der Waals surface area contributed by atoms with E-state index < -0.39 is 0 Å². The van der Waals surface area contributed by atoms with Crippen LogP contribution in [-0.4, -0.2) is 34.8 Å². The van der Waals surface area contributed by atoms with Gasteiger partial charge in [-0.05, 0) is 31.4 Å². The molecule has 1 aliphatic rings. The predicted octanol–water partition coefficient (Wildman–Crippen LogP) is 2.02. The number of thioether (sulfide) groups is 1. The molecule has 0 aromatic carbocycles. The lowest BCUT2D eigenvalue weighted by atomic mass is 10.2. The number of hydrogen-bond acceptors (Lipinski definition) is 3. The van der Waals surface area contributed by atoms with E-state index in [9.17, 15) is 0 Å². The first kappa shape index (κ1) is 12.3. The van der Waals surface area contributed by atoms with Crippen molar-refractivity contribution in [3.63, 3.8) is 0 Å². The van der Waals surface area contributed by atoms with E-state index in [0.29, 0.717) is 12.1 Å². The molecule has 1 rings (SSSR count). The lowest BCUT2D eigenvalue weighted by Gasteiger charge is -2.16. The molecule has 2 unspecified atom stereocenters. The van der Waals surface area contributed by atoms with Gasteiger partial charge in [0.25, 0.3) is 0 Å². The van der Waals surface area contributed by atoms with E-state index in [4.69, 9.17) is 5.11 Å². The summed E-state index contributed by atoms with van der Waals surface area (Å²) >= 11 is 2.02. The molecule has 1 aliphatic carbocycles. The van der Waals surface area contributed by atoms with Crippen LogP contribution in [0.4, 0.5) is 0 Å². The van der Waals surface area contributed by atoms with E-state index in [-0.39, 0.29) is 6.61 Å². The average Bonchev–Trinajstić information content (AvgIpc) is 2.99. The van der Waals surface area contributed by atoms with Gasteiger partial charge in [0.05, 0.1) is 6.61 Å². The van der Waals surface area contributed by atoms with E-state index in [0.717, 1.165) is 11.7 Å². The van der Waals surface area contributed by atoms with Crippen LogP contribution in [0.2, 0.25) is 0 Å². The molecule has 14 heavy (non-hydrogen) atoms. The highest BCUT2D eigenvalue weighted by Gasteiger charge is 2.23. The van der Waals surface area contributed by atoms with Crippen LogP contribution in [0, 0.1) is 0 Å². The summed E-state index contributed by atoms with van der Waals surface area (Å²) in [5, 5.41) is 13.4. The van der Waals surface area contributed by atoms with Gasteiger partial charge in [-0.25, -0.2) is 0 Å². The Kier molecular flexibility index (Phi) is 5.90. The Labute approximate surface area is 91.9 Å². The maximum absolute atomic E-state index is 9.15. The maximum Gasteiger partial charge on any atom is 0.0585 e. The Morgan fingerprint density at radius 2 is 2.21 bits per heavy atom. The van der Waals surface area contributed by atoms with Crippen LogP contribution in [0.25, 0.3) is 0 Å². The summed E-state index contributed by atoms with van der Waals surface area (Å²) < 4.78 is 0. The molecular weight excluding hydrogens is 194 g/mol. The Hall–Kier alpha value is 0.270. The minimum Gasteiger partial charge on any atom is -0.395 e. The van der Waals surface area contributed by atoms with Crippen molar-refractivity contribution in [1.82, 2.24) is 5.32 Å². The smallest absolute Gasteiger partial charge is 0.0585 e. The molecule has 0 saturated heterocycles. The van der Waals surface area contributed by atoms with Gasteiger partial charge in [-0.15, -0.1) is 0 Å². The van der Waals surface area contributed by atoms with Crippen LogP contribution in [-0.2, 0) is 0 Å². The number of aliphatic hydroxyl groups is 1. The molecule has 2 N–H and O–H groups in total. The number of nitrogens with one attached hydrogen (secondary N) is 1. The summed E-state index contributed by atoms with van der Waals surface area (Å²) in [6, 6.07) is 1.04. The van der Waals surface area contributed by atoms with Crippen molar-refractivity contribution in [2.75, 3.05) is 12.4 Å². The topological polar surface area (TPSA) is 32.3 Å². The minimum atomic E-state index is 0.289. The zero-order valence-electron chi connectivity index (χ0n) is 9.33. The molecule has 0 aliphatic heterocycles. The number of hydrogen-bond donors (Lipinski definition) is 2. The molecule has 0 radical (unpaired) electrons. The fourth-order valence-corrected chi connectivity index (χ4v) is 2.40. The van der Waals surface area contributed by atoms with Crippen molar-refractivity contribution in [3.8, 4) is 0 Å². The van der Waals surface area contributed by atoms with Crippen molar-refractivity contribution in [2.24, 2.45) is 0 Å². The highest BCUT2D eigenvalue weighted by Crippen LogP contribution is 2.21. The average molecular weight is 217 g/mol. The molecule has 2 nitrogen and oxygen atoms in total. The van der Waals surface area contributed by atoms with Crippen LogP contribution in [0.3, 0.4) is 0 Å². The quantitative estimate of drug-likeness (QED) is 0.652. The fraction of sp³-hybridized carbons (Fsp3) is 1.00. The first-order valence-corrected chi connectivity index (χ1v) is 6.79. The van der Waals surface area contributed by atoms with Gasteiger partial charge >= 0.3 is 0 Å². The SMILES string of the molecule is CCC(C)SCCC(CO)NC1CC1. The molecule has 2 atom stereocenters. The van der Waals surface area contributed by atoms with Crippen molar-refractivity contribution in [3.05, 3.63) is 0 Å². The van der Waals surface area contributed by atoms with Gasteiger partial charge in [-0.2, -0.15) is 11.8 Å². The van der Waals surface area contributed by atoms with E-state index in [1.165, 1.54) is 25.0 Å². The molecule has 0 bridgehead atoms. The van der Waals surface area contributed by atoms with E-state index in [1.807, 2.05) is 11.8 Å². The summed E-state index contributed by atoms with van der Waals surface area (Å²) in [6.07, 6.45) is 4.94. The number of aliphatic hydroxyl groups excluding tert-OH is 1. The molecular formula is C11H23NOS. The molecule has 0 aromatic heterocycles. The highest BCUT2D eigenvalue weighted by molar-refractivity contribution is 7.99. The Balaban J connectivity index is 2.01. The largest absolute Gasteiger partial charge is 0.395 e. The van der Waals surface area contributed by atoms with E-state index >= 15 is 0 Å². The third-order valence-corrected chi connectivity index (χ3v) is 4.09. The Morgan fingerprint density at radius 3 is 2.71 bits per heavy atom. The first-order valence-electron chi connectivity index (χ1n) is 5.74. The summed E-state index contributed by atoms with van der Waals surface area (Å²) in [7, 11) is 0. The Morgan fingerprint density at radius 1 is 1.50 bits per heavy atom. The second kappa shape index (κ2) is 6.70. The van der Waals surface area contributed by atoms with Crippen LogP contribution in [0.1, 0.15) is 39.5 Å². The maximum atomic E-state index is 9.15. The second-order valence-corrected chi connectivity index (χ2v) is 5.75. The summed E-state index contributed by atoms with van der Waals surface area (Å²) in [5.74, 6) is 1.17. The van der Waals surface area contributed by atoms with Crippen molar-refractivity contribution in [2.45, 2.75) is 56.9 Å². The van der Waals surface area contributed by atoms with Crippen LogP contribution in [0.5, 0.6) is 0 Å². The normalized spacial score (nSPS) is 20.8. The lowest BCUT2D eigenvalue weighted by Crippen LogP contribution is -2.34. The van der Waals surface area contributed by atoms with E-state index in [2.05, 4.69) is 19.2 Å². The molecule has 0 amide bonds. The second-order valence-electron chi connectivity index (χ2n) is 4.20. The molecule has 0 aromatic rings. The van der Waals surface area contributed by atoms with Gasteiger partial charge in [-0.1, -0.05) is 13.8 Å². The first-order chi connectivity index (χ1) is 6.76. The molecule has 0 heterocycles. The molecule has 84 valence electrons. The van der Waals surface area contributed by atoms with Gasteiger partial charge in [-0.3, -0.25) is 0 Å². The molecule has 3 heteroatoms. The van der Waals surface area contributed by atoms with Crippen LogP contribution in [0.15, 0.2) is 0 Å². The highest BCUT2D eigenvalue weighted by atomic mass is 32.2. The van der Waals surface area contributed by atoms with Gasteiger partial charge in [0.2, 0.25) is 0 Å². The monoisotopic (exact) mass is 217 g/mol. The molecule has 1 fully saturated rings. The summed E-state index contributed by atoms with van der Waals surface area (Å²) in [4.78, 5) is 0. The Bertz CT molecular complexity index is 150. The minimum absolute atomic E-state index is 0.289. The summed E-state index contributed by atoms with van der Waals surface area (Å²) in [6.45, 7) is 4.79. The van der Waals surface area contributed by atoms with Gasteiger partial charge in [0.1, 0.15) is 0 Å². The van der Waals surface area contributed by atoms with Crippen LogP contribution < -0.4 is 5.32 Å². The van der Waals surface area contributed by atoms with E-state index in [1.54, 1.807) is 0 Å². The molecule has 1 saturated carbocycles. The van der Waals surface area contributed by atoms with Gasteiger partial charge < -0.3 is 10.4 Å². The predicted molar refractivity (Wildman–Crippen MR) is 63.9 cm³/mol. The van der Waals surface area contributed by atoms with Gasteiger partial charge in [0, 0.05) is 17.3 Å².